The molecule has 4 heteroatoms. The number of halogens is 1. The minimum Gasteiger partial charge on any atom is -0.461 e. The van der Waals surface area contributed by atoms with Crippen molar-refractivity contribution < 1.29 is 13.9 Å². The van der Waals surface area contributed by atoms with Crippen molar-refractivity contribution in [1.82, 2.24) is 0 Å². The van der Waals surface area contributed by atoms with Crippen molar-refractivity contribution in [1.29, 1.82) is 0 Å². The van der Waals surface area contributed by atoms with Gasteiger partial charge in [-0.05, 0) is 56.0 Å². The second kappa shape index (κ2) is 6.19. The van der Waals surface area contributed by atoms with E-state index in [1.165, 1.54) is 12.1 Å². The second-order valence-electron chi connectivity index (χ2n) is 6.55. The lowest BCUT2D eigenvalue weighted by Crippen LogP contribution is -2.33. The fraction of sp³-hybridized carbons (Fsp3) is 0.300. The van der Waals surface area contributed by atoms with E-state index in [1.54, 1.807) is 19.1 Å². The topological polar surface area (TPSA) is 38.7 Å². The molecule has 0 N–H and O–H groups in total. The third kappa shape index (κ3) is 3.23. The van der Waals surface area contributed by atoms with E-state index < -0.39 is 0 Å². The van der Waals surface area contributed by atoms with Crippen LogP contribution >= 0.6 is 0 Å². The van der Waals surface area contributed by atoms with Gasteiger partial charge < -0.3 is 4.74 Å². The van der Waals surface area contributed by atoms with Crippen LogP contribution in [0.4, 0.5) is 4.39 Å². The smallest absolute Gasteiger partial charge is 0.357 e. The molecule has 3 rings (SSSR count). The van der Waals surface area contributed by atoms with E-state index in [9.17, 15) is 9.18 Å². The number of ether oxygens (including phenoxy) is 1. The Hall–Kier alpha value is -2.49. The third-order valence-electron chi connectivity index (χ3n) is 4.04. The van der Waals surface area contributed by atoms with Crippen LogP contribution in [0, 0.1) is 5.82 Å². The summed E-state index contributed by atoms with van der Waals surface area (Å²) in [5, 5.41) is 0. The van der Waals surface area contributed by atoms with Crippen LogP contribution < -0.4 is 0 Å². The molecule has 0 amide bonds. The van der Waals surface area contributed by atoms with Crippen LogP contribution in [-0.4, -0.2) is 23.8 Å². The Kier molecular flexibility index (Phi) is 4.22. The number of fused-ring (bicyclic) bond motifs is 1. The number of hydrogen-bond acceptors (Lipinski definition) is 3. The maximum atomic E-state index is 13.1. The summed E-state index contributed by atoms with van der Waals surface area (Å²) < 4.78 is 18.3. The number of carbonyl (C=O) groups excluding carboxylic acids is 1. The minimum atomic E-state index is -0.388. The molecule has 1 aliphatic heterocycles. The first kappa shape index (κ1) is 16.4. The molecule has 1 aliphatic rings. The van der Waals surface area contributed by atoms with Crippen molar-refractivity contribution >= 4 is 11.7 Å². The molecule has 0 unspecified atom stereocenters. The summed E-state index contributed by atoms with van der Waals surface area (Å²) in [4.78, 5) is 16.8. The van der Waals surface area contributed by atoms with Crippen molar-refractivity contribution in [3.63, 3.8) is 0 Å². The number of esters is 1. The molecule has 1 heterocycles. The van der Waals surface area contributed by atoms with E-state index in [1.807, 2.05) is 26.0 Å². The maximum Gasteiger partial charge on any atom is 0.357 e. The lowest BCUT2D eigenvalue weighted by molar-refractivity contribution is -0.135. The number of hydrogen-bond donors (Lipinski definition) is 0. The van der Waals surface area contributed by atoms with Crippen molar-refractivity contribution in [2.24, 2.45) is 4.99 Å². The van der Waals surface area contributed by atoms with Crippen LogP contribution in [0.15, 0.2) is 47.5 Å². The van der Waals surface area contributed by atoms with Gasteiger partial charge in [0.2, 0.25) is 0 Å². The molecule has 0 saturated carbocycles. The van der Waals surface area contributed by atoms with Crippen LogP contribution in [0.3, 0.4) is 0 Å². The fourth-order valence-corrected chi connectivity index (χ4v) is 3.02. The highest BCUT2D eigenvalue weighted by Gasteiger charge is 2.30. The molecule has 0 bridgehead atoms. The molecule has 0 spiro atoms. The van der Waals surface area contributed by atoms with Crippen LogP contribution in [0.1, 0.15) is 31.9 Å². The summed E-state index contributed by atoms with van der Waals surface area (Å²) in [6.45, 7) is 6.10. The van der Waals surface area contributed by atoms with Gasteiger partial charge in [-0.1, -0.05) is 30.3 Å². The highest BCUT2D eigenvalue weighted by Crippen LogP contribution is 2.31. The summed E-state index contributed by atoms with van der Waals surface area (Å²) in [6.07, 6.45) is 0.736. The lowest BCUT2D eigenvalue weighted by Gasteiger charge is -2.28. The SMILES string of the molecule is CCOC(=O)C1=NC(C)(C)Cc2cc(-c3ccc(F)cc3)ccc21. The van der Waals surface area contributed by atoms with E-state index in [0.717, 1.165) is 28.7 Å². The minimum absolute atomic E-state index is 0.255. The summed E-state index contributed by atoms with van der Waals surface area (Å²) in [6, 6.07) is 12.3. The van der Waals surface area contributed by atoms with Gasteiger partial charge in [-0.2, -0.15) is 0 Å². The first-order chi connectivity index (χ1) is 11.4. The van der Waals surface area contributed by atoms with Gasteiger partial charge in [0.05, 0.1) is 12.1 Å². The van der Waals surface area contributed by atoms with Gasteiger partial charge in [0, 0.05) is 5.56 Å². The highest BCUT2D eigenvalue weighted by molar-refractivity contribution is 6.44. The van der Waals surface area contributed by atoms with Gasteiger partial charge in [-0.15, -0.1) is 0 Å². The van der Waals surface area contributed by atoms with E-state index in [-0.39, 0.29) is 17.3 Å². The van der Waals surface area contributed by atoms with Crippen molar-refractivity contribution in [2.75, 3.05) is 6.61 Å². The molecule has 0 fully saturated rings. The highest BCUT2D eigenvalue weighted by atomic mass is 19.1. The Morgan fingerprint density at radius 1 is 1.17 bits per heavy atom. The molecule has 0 radical (unpaired) electrons. The number of rotatable bonds is 3. The van der Waals surface area contributed by atoms with Crippen molar-refractivity contribution in [2.45, 2.75) is 32.7 Å². The first-order valence-corrected chi connectivity index (χ1v) is 8.06. The van der Waals surface area contributed by atoms with Gasteiger partial charge in [0.1, 0.15) is 5.82 Å². The van der Waals surface area contributed by atoms with Crippen LogP contribution in [0.5, 0.6) is 0 Å². The summed E-state index contributed by atoms with van der Waals surface area (Å²) in [7, 11) is 0. The van der Waals surface area contributed by atoms with Gasteiger partial charge in [0.25, 0.3) is 0 Å². The Labute approximate surface area is 141 Å². The first-order valence-electron chi connectivity index (χ1n) is 8.06. The molecule has 0 aliphatic carbocycles. The van der Waals surface area contributed by atoms with Crippen molar-refractivity contribution in [3.05, 3.63) is 59.4 Å². The Morgan fingerprint density at radius 3 is 2.50 bits per heavy atom. The average Bonchev–Trinajstić information content (AvgIpc) is 2.53. The van der Waals surface area contributed by atoms with Gasteiger partial charge >= 0.3 is 5.97 Å². The number of nitrogens with zero attached hydrogens (tertiary/aromatic N) is 1. The normalized spacial score (nSPS) is 15.4. The molecule has 0 saturated heterocycles. The zero-order valence-electron chi connectivity index (χ0n) is 14.1. The fourth-order valence-electron chi connectivity index (χ4n) is 3.02. The number of benzene rings is 2. The van der Waals surface area contributed by atoms with Gasteiger partial charge in [-0.3, -0.25) is 4.99 Å². The molecule has 3 nitrogen and oxygen atoms in total. The molecular formula is C20H20FNO2. The largest absolute Gasteiger partial charge is 0.461 e. The van der Waals surface area contributed by atoms with Crippen LogP contribution in [0.2, 0.25) is 0 Å². The predicted molar refractivity (Wildman–Crippen MR) is 92.8 cm³/mol. The Morgan fingerprint density at radius 2 is 1.83 bits per heavy atom. The summed E-state index contributed by atoms with van der Waals surface area (Å²) in [5.74, 6) is -0.643. The zero-order chi connectivity index (χ0) is 17.3. The molecular weight excluding hydrogens is 305 g/mol. The van der Waals surface area contributed by atoms with E-state index in [2.05, 4.69) is 11.1 Å². The lowest BCUT2D eigenvalue weighted by atomic mass is 9.85. The van der Waals surface area contributed by atoms with Crippen LogP contribution in [0.25, 0.3) is 11.1 Å². The van der Waals surface area contributed by atoms with E-state index >= 15 is 0 Å². The van der Waals surface area contributed by atoms with E-state index in [0.29, 0.717) is 12.3 Å². The standard InChI is InChI=1S/C20H20FNO2/c1-4-24-19(23)18-17-10-7-14(13-5-8-16(21)9-6-13)11-15(17)12-20(2,3)22-18/h5-11H,4,12H2,1-3H3. The molecule has 0 atom stereocenters. The predicted octanol–water partition coefficient (Wildman–Crippen LogP) is 4.18. The quantitative estimate of drug-likeness (QED) is 0.794. The zero-order valence-corrected chi connectivity index (χ0v) is 14.1. The monoisotopic (exact) mass is 325 g/mol. The van der Waals surface area contributed by atoms with Gasteiger partial charge in [-0.25, -0.2) is 9.18 Å². The Bertz CT molecular complexity index is 807. The summed E-state index contributed by atoms with van der Waals surface area (Å²) in [5.41, 5.74) is 3.83. The second-order valence-corrected chi connectivity index (χ2v) is 6.55. The molecule has 124 valence electrons. The molecule has 0 aromatic heterocycles. The maximum absolute atomic E-state index is 13.1. The average molecular weight is 325 g/mol. The summed E-state index contributed by atoms with van der Waals surface area (Å²) >= 11 is 0. The number of carbonyl (C=O) groups is 1. The third-order valence-corrected chi connectivity index (χ3v) is 4.04. The Balaban J connectivity index is 2.05. The van der Waals surface area contributed by atoms with Gasteiger partial charge in [0.15, 0.2) is 5.71 Å². The molecule has 2 aromatic rings. The number of aliphatic imine (C=N–C) groups is 1. The molecule has 2 aromatic carbocycles. The van der Waals surface area contributed by atoms with E-state index in [4.69, 9.17) is 4.74 Å². The van der Waals surface area contributed by atoms with Crippen molar-refractivity contribution in [3.8, 4) is 11.1 Å². The van der Waals surface area contributed by atoms with Crippen LogP contribution in [-0.2, 0) is 16.0 Å². The molecule has 24 heavy (non-hydrogen) atoms.